The molecule has 1 aliphatic rings. The summed E-state index contributed by atoms with van der Waals surface area (Å²) >= 11 is 0. The van der Waals surface area contributed by atoms with Gasteiger partial charge in [-0.3, -0.25) is 0 Å². The highest BCUT2D eigenvalue weighted by Crippen LogP contribution is 2.09. The van der Waals surface area contributed by atoms with E-state index >= 15 is 0 Å². The zero-order valence-electron chi connectivity index (χ0n) is 11.3. The molecule has 5 heteroatoms. The van der Waals surface area contributed by atoms with E-state index in [0.29, 0.717) is 5.57 Å². The number of ether oxygens (including phenoxy) is 1. The number of esters is 1. The van der Waals surface area contributed by atoms with Crippen molar-refractivity contribution in [2.24, 2.45) is 0 Å². The number of rotatable bonds is 5. The molecule has 1 aromatic carbocycles. The van der Waals surface area contributed by atoms with Crippen LogP contribution in [0.25, 0.3) is 6.08 Å². The molecular formula is C16H15NO4. The third-order valence-corrected chi connectivity index (χ3v) is 2.81. The smallest absolute Gasteiger partial charge is 0.337 e. The molecule has 1 heterocycles. The van der Waals surface area contributed by atoms with Crippen molar-refractivity contribution < 1.29 is 19.4 Å². The Morgan fingerprint density at radius 2 is 2.05 bits per heavy atom. The summed E-state index contributed by atoms with van der Waals surface area (Å²) in [6.45, 7) is 0.398. The summed E-state index contributed by atoms with van der Waals surface area (Å²) in [7, 11) is 0. The number of aliphatic carboxylic acids is 1. The van der Waals surface area contributed by atoms with Gasteiger partial charge in [-0.2, -0.15) is 0 Å². The number of carbonyl (C=O) groups excluding carboxylic acids is 1. The van der Waals surface area contributed by atoms with E-state index in [1.807, 2.05) is 36.4 Å². The molecule has 0 radical (unpaired) electrons. The molecule has 2 rings (SSSR count). The summed E-state index contributed by atoms with van der Waals surface area (Å²) in [6.07, 6.45) is 6.26. The first-order valence-corrected chi connectivity index (χ1v) is 6.43. The van der Waals surface area contributed by atoms with Crippen LogP contribution in [0.3, 0.4) is 0 Å². The van der Waals surface area contributed by atoms with E-state index in [1.54, 1.807) is 6.08 Å². The van der Waals surface area contributed by atoms with Gasteiger partial charge in [-0.15, -0.1) is 0 Å². The van der Waals surface area contributed by atoms with Crippen molar-refractivity contribution in [3.8, 4) is 0 Å². The van der Waals surface area contributed by atoms with Crippen molar-refractivity contribution in [3.63, 3.8) is 0 Å². The lowest BCUT2D eigenvalue weighted by atomic mass is 10.1. The Morgan fingerprint density at radius 1 is 1.29 bits per heavy atom. The lowest BCUT2D eigenvalue weighted by Gasteiger charge is -2.12. The van der Waals surface area contributed by atoms with Crippen molar-refractivity contribution >= 4 is 18.0 Å². The van der Waals surface area contributed by atoms with Crippen LogP contribution in [0.2, 0.25) is 0 Å². The van der Waals surface area contributed by atoms with Crippen LogP contribution in [0.15, 0.2) is 59.8 Å². The number of carboxylic acids is 1. The van der Waals surface area contributed by atoms with E-state index in [-0.39, 0.29) is 18.7 Å². The first kappa shape index (κ1) is 14.6. The van der Waals surface area contributed by atoms with Crippen molar-refractivity contribution in [1.29, 1.82) is 0 Å². The van der Waals surface area contributed by atoms with Gasteiger partial charge in [0.15, 0.2) is 0 Å². The van der Waals surface area contributed by atoms with Gasteiger partial charge in [0, 0.05) is 12.7 Å². The molecule has 0 amide bonds. The minimum absolute atomic E-state index is 0.0352. The average Bonchev–Trinajstić information content (AvgIpc) is 2.52. The average molecular weight is 285 g/mol. The minimum atomic E-state index is -1.09. The van der Waals surface area contributed by atoms with E-state index in [9.17, 15) is 9.59 Å². The van der Waals surface area contributed by atoms with Gasteiger partial charge in [0.1, 0.15) is 6.61 Å². The fourth-order valence-corrected chi connectivity index (χ4v) is 1.77. The molecule has 0 bridgehead atoms. The summed E-state index contributed by atoms with van der Waals surface area (Å²) in [6, 6.07) is 9.65. The molecule has 0 unspecified atom stereocenters. The Morgan fingerprint density at radius 3 is 2.76 bits per heavy atom. The zero-order chi connectivity index (χ0) is 15.1. The fraction of sp³-hybridized carbons (Fsp3) is 0.125. The lowest BCUT2D eigenvalue weighted by Crippen LogP contribution is -2.23. The molecular weight excluding hydrogens is 270 g/mol. The number of hydrogen-bond donors (Lipinski definition) is 2. The molecule has 0 spiro atoms. The summed E-state index contributed by atoms with van der Waals surface area (Å²) in [4.78, 5) is 22.6. The van der Waals surface area contributed by atoms with Gasteiger partial charge in [0.25, 0.3) is 0 Å². The van der Waals surface area contributed by atoms with E-state index in [2.05, 4.69) is 5.32 Å². The topological polar surface area (TPSA) is 75.6 Å². The molecule has 21 heavy (non-hydrogen) atoms. The van der Waals surface area contributed by atoms with Crippen molar-refractivity contribution in [1.82, 2.24) is 5.32 Å². The van der Waals surface area contributed by atoms with E-state index in [0.717, 1.165) is 5.56 Å². The van der Waals surface area contributed by atoms with E-state index < -0.39 is 11.9 Å². The summed E-state index contributed by atoms with van der Waals surface area (Å²) < 4.78 is 5.08. The molecule has 5 nitrogen and oxygen atoms in total. The van der Waals surface area contributed by atoms with Gasteiger partial charge in [0.2, 0.25) is 0 Å². The van der Waals surface area contributed by atoms with Crippen LogP contribution >= 0.6 is 0 Å². The Balaban J connectivity index is 1.86. The van der Waals surface area contributed by atoms with Crippen LogP contribution in [0.1, 0.15) is 5.56 Å². The van der Waals surface area contributed by atoms with Crippen LogP contribution in [0, 0.1) is 0 Å². The maximum Gasteiger partial charge on any atom is 0.337 e. The van der Waals surface area contributed by atoms with Gasteiger partial charge < -0.3 is 15.2 Å². The normalized spacial score (nSPS) is 14.1. The second kappa shape index (κ2) is 7.09. The molecule has 1 aromatic rings. The van der Waals surface area contributed by atoms with Gasteiger partial charge in [0.05, 0.1) is 11.1 Å². The highest BCUT2D eigenvalue weighted by molar-refractivity contribution is 5.96. The van der Waals surface area contributed by atoms with E-state index in [1.165, 1.54) is 12.3 Å². The molecule has 0 saturated carbocycles. The Hall–Kier alpha value is -2.82. The van der Waals surface area contributed by atoms with E-state index in [4.69, 9.17) is 9.84 Å². The maximum absolute atomic E-state index is 11.8. The Labute approximate surface area is 122 Å². The zero-order valence-corrected chi connectivity index (χ0v) is 11.3. The second-order valence-corrected chi connectivity index (χ2v) is 4.37. The number of carboxylic acid groups (broad SMARTS) is 1. The molecule has 0 atom stereocenters. The SMILES string of the molecule is O=C(O)C1=CNCC(C(=O)OCC=Cc2ccccc2)=C1. The number of hydrogen-bond acceptors (Lipinski definition) is 4. The highest BCUT2D eigenvalue weighted by Gasteiger charge is 2.16. The number of benzene rings is 1. The first-order valence-electron chi connectivity index (χ1n) is 6.43. The third-order valence-electron chi connectivity index (χ3n) is 2.81. The number of dihydropyridines is 1. The van der Waals surface area contributed by atoms with Crippen molar-refractivity contribution in [2.45, 2.75) is 0 Å². The molecule has 108 valence electrons. The summed E-state index contributed by atoms with van der Waals surface area (Å²) in [5.41, 5.74) is 1.35. The molecule has 0 aliphatic carbocycles. The number of carbonyl (C=O) groups is 2. The summed E-state index contributed by atoms with van der Waals surface area (Å²) in [5.74, 6) is -1.61. The quantitative estimate of drug-likeness (QED) is 0.806. The standard InChI is InChI=1S/C16H15NO4/c18-15(19)13-9-14(11-17-10-13)16(20)21-8-4-7-12-5-2-1-3-6-12/h1-7,9-10,17H,8,11H2,(H,18,19). The molecule has 2 N–H and O–H groups in total. The Kier molecular flexibility index (Phi) is 4.93. The van der Waals surface area contributed by atoms with Crippen LogP contribution in [-0.4, -0.2) is 30.2 Å². The van der Waals surface area contributed by atoms with Gasteiger partial charge in [-0.05, 0) is 17.7 Å². The maximum atomic E-state index is 11.8. The lowest BCUT2D eigenvalue weighted by molar-refractivity contribution is -0.137. The fourth-order valence-electron chi connectivity index (χ4n) is 1.77. The number of nitrogens with one attached hydrogen (secondary N) is 1. The Bertz CT molecular complexity index is 614. The van der Waals surface area contributed by atoms with Crippen LogP contribution in [-0.2, 0) is 14.3 Å². The predicted octanol–water partition coefficient (Wildman–Crippen LogP) is 1.74. The molecule has 0 fully saturated rings. The van der Waals surface area contributed by atoms with Crippen LogP contribution < -0.4 is 5.32 Å². The van der Waals surface area contributed by atoms with Gasteiger partial charge in [-0.1, -0.05) is 36.4 Å². The molecule has 0 aromatic heterocycles. The van der Waals surface area contributed by atoms with Crippen molar-refractivity contribution in [2.75, 3.05) is 13.2 Å². The van der Waals surface area contributed by atoms with Gasteiger partial charge in [-0.25, -0.2) is 9.59 Å². The van der Waals surface area contributed by atoms with Crippen LogP contribution in [0.4, 0.5) is 0 Å². The minimum Gasteiger partial charge on any atom is -0.478 e. The molecule has 1 aliphatic heterocycles. The third kappa shape index (κ3) is 4.35. The van der Waals surface area contributed by atoms with Crippen molar-refractivity contribution in [3.05, 3.63) is 65.4 Å². The van der Waals surface area contributed by atoms with Crippen LogP contribution in [0.5, 0.6) is 0 Å². The summed E-state index contributed by atoms with van der Waals surface area (Å²) in [5, 5.41) is 11.6. The van der Waals surface area contributed by atoms with Gasteiger partial charge >= 0.3 is 11.9 Å². The molecule has 0 saturated heterocycles. The predicted molar refractivity (Wildman–Crippen MR) is 78.2 cm³/mol. The largest absolute Gasteiger partial charge is 0.478 e. The highest BCUT2D eigenvalue weighted by atomic mass is 16.5. The monoisotopic (exact) mass is 285 g/mol. The first-order chi connectivity index (χ1) is 10.2. The second-order valence-electron chi connectivity index (χ2n) is 4.37.